The number of nitrogens with zero attached hydrogens (tertiary/aromatic N) is 2. The number of halogens is 2. The van der Waals surface area contributed by atoms with Gasteiger partial charge >= 0.3 is 0 Å². The van der Waals surface area contributed by atoms with E-state index >= 15 is 0 Å². The molecule has 2 N–H and O–H groups in total. The predicted octanol–water partition coefficient (Wildman–Crippen LogP) is 5.71. The Labute approximate surface area is 236 Å². The highest BCUT2D eigenvalue weighted by Crippen LogP contribution is 2.47. The first-order valence-corrected chi connectivity index (χ1v) is 13.8. The fourth-order valence-corrected chi connectivity index (χ4v) is 6.83. The van der Waals surface area contributed by atoms with Gasteiger partial charge in [-0.1, -0.05) is 49.2 Å². The number of fused-ring (bicyclic) bond motifs is 3. The number of nitrogens with one attached hydrogen (secondary N) is 2. The van der Waals surface area contributed by atoms with Crippen LogP contribution in [-0.4, -0.2) is 34.2 Å². The summed E-state index contributed by atoms with van der Waals surface area (Å²) in [6.07, 6.45) is 4.18. The number of hydrogen-bond acceptors (Lipinski definition) is 4. The van der Waals surface area contributed by atoms with Crippen molar-refractivity contribution in [3.8, 4) is 0 Å². The van der Waals surface area contributed by atoms with Gasteiger partial charge in [0.25, 0.3) is 0 Å². The lowest BCUT2D eigenvalue weighted by molar-refractivity contribution is -0.150. The van der Waals surface area contributed by atoms with Crippen LogP contribution in [0.25, 0.3) is 0 Å². The zero-order valence-electron chi connectivity index (χ0n) is 21.7. The summed E-state index contributed by atoms with van der Waals surface area (Å²) in [5.41, 5.74) is 3.20. The van der Waals surface area contributed by atoms with Gasteiger partial charge in [-0.05, 0) is 78.8 Å². The van der Waals surface area contributed by atoms with E-state index in [1.54, 1.807) is 29.3 Å². The number of amides is 3. The van der Waals surface area contributed by atoms with E-state index in [-0.39, 0.29) is 30.3 Å². The Morgan fingerprint density at radius 3 is 2.59 bits per heavy atom. The van der Waals surface area contributed by atoms with Crippen molar-refractivity contribution in [2.75, 3.05) is 17.2 Å². The Balaban J connectivity index is 1.22. The van der Waals surface area contributed by atoms with Crippen LogP contribution in [0.5, 0.6) is 0 Å². The normalized spacial score (nSPS) is 23.0. The Hall–Kier alpha value is -3.42. The maximum atomic E-state index is 13.5. The number of rotatable bonds is 4. The SMILES string of the molecule is CC1(C)CC[C@@H](c2cc(Cl)cc(Cl)c2)N(CC(=O)Nc2ccc3c(c2)C[C@@]2(C3)C(=O)Nc3ncccc32)C1=O. The molecule has 0 unspecified atom stereocenters. The summed E-state index contributed by atoms with van der Waals surface area (Å²) >= 11 is 12.5. The van der Waals surface area contributed by atoms with Crippen molar-refractivity contribution in [1.82, 2.24) is 9.88 Å². The van der Waals surface area contributed by atoms with Crippen LogP contribution < -0.4 is 10.6 Å². The van der Waals surface area contributed by atoms with Crippen LogP contribution in [0.4, 0.5) is 11.5 Å². The smallest absolute Gasteiger partial charge is 0.244 e. The maximum absolute atomic E-state index is 13.5. The summed E-state index contributed by atoms with van der Waals surface area (Å²) in [6, 6.07) is 14.5. The van der Waals surface area contributed by atoms with Crippen LogP contribution in [0.1, 0.15) is 55.0 Å². The fourth-order valence-electron chi connectivity index (χ4n) is 6.29. The summed E-state index contributed by atoms with van der Waals surface area (Å²) < 4.78 is 0. The summed E-state index contributed by atoms with van der Waals surface area (Å²) in [7, 11) is 0. The van der Waals surface area contributed by atoms with Gasteiger partial charge in [0.05, 0.1) is 11.5 Å². The Morgan fingerprint density at radius 1 is 1.08 bits per heavy atom. The zero-order valence-corrected chi connectivity index (χ0v) is 23.2. The van der Waals surface area contributed by atoms with Crippen LogP contribution in [0.15, 0.2) is 54.7 Å². The molecule has 3 aromatic rings. The topological polar surface area (TPSA) is 91.4 Å². The monoisotopic (exact) mass is 562 g/mol. The molecule has 1 spiro atoms. The van der Waals surface area contributed by atoms with Crippen molar-refractivity contribution in [1.29, 1.82) is 0 Å². The molecule has 3 amide bonds. The number of likely N-dealkylation sites (tertiary alicyclic amines) is 1. The minimum absolute atomic E-state index is 0.0450. The van der Waals surface area contributed by atoms with Crippen molar-refractivity contribution in [2.24, 2.45) is 5.41 Å². The van der Waals surface area contributed by atoms with Crippen molar-refractivity contribution in [3.63, 3.8) is 0 Å². The van der Waals surface area contributed by atoms with E-state index in [1.165, 1.54) is 0 Å². The third-order valence-corrected chi connectivity index (χ3v) is 8.74. The van der Waals surface area contributed by atoms with Crippen LogP contribution in [-0.2, 0) is 32.6 Å². The third-order valence-electron chi connectivity index (χ3n) is 8.31. The van der Waals surface area contributed by atoms with Crippen molar-refractivity contribution in [3.05, 3.63) is 87.0 Å². The standard InChI is InChI=1S/C30H28Cl2N4O3/c1-29(2)8-7-24(18-10-20(31)13-21(32)11-18)36(28(29)39)16-25(37)34-22-6-5-17-14-30(15-19(17)12-22)23-4-3-9-33-26(23)35-27(30)38/h3-6,9-13,24H,7-8,14-16H2,1-2H3,(H,34,37)(H,33,35,38)/t24-,30+/m0/s1. The highest BCUT2D eigenvalue weighted by atomic mass is 35.5. The van der Waals surface area contributed by atoms with Crippen molar-refractivity contribution in [2.45, 2.75) is 51.0 Å². The van der Waals surface area contributed by atoms with Gasteiger partial charge in [0, 0.05) is 32.9 Å². The van der Waals surface area contributed by atoms with Gasteiger partial charge in [0.1, 0.15) is 12.4 Å². The van der Waals surface area contributed by atoms with Gasteiger partial charge in [0.15, 0.2) is 0 Å². The molecule has 2 aromatic carbocycles. The maximum Gasteiger partial charge on any atom is 0.244 e. The van der Waals surface area contributed by atoms with E-state index < -0.39 is 10.8 Å². The Kier molecular flexibility index (Phi) is 6.19. The second-order valence-electron chi connectivity index (χ2n) is 11.4. The molecule has 6 rings (SSSR count). The molecular weight excluding hydrogens is 535 g/mol. The number of carbonyl (C=O) groups excluding carboxylic acids is 3. The van der Waals surface area contributed by atoms with Gasteiger partial charge in [-0.15, -0.1) is 0 Å². The van der Waals surface area contributed by atoms with E-state index in [0.717, 1.165) is 22.3 Å². The van der Waals surface area contributed by atoms with Crippen molar-refractivity contribution >= 4 is 52.4 Å². The average Bonchev–Trinajstić information content (AvgIpc) is 3.38. The molecular formula is C30H28Cl2N4O3. The molecule has 3 heterocycles. The van der Waals surface area contributed by atoms with Crippen LogP contribution >= 0.6 is 23.2 Å². The quantitative estimate of drug-likeness (QED) is 0.426. The van der Waals surface area contributed by atoms with Crippen LogP contribution in [0.2, 0.25) is 10.0 Å². The van der Waals surface area contributed by atoms with Crippen molar-refractivity contribution < 1.29 is 14.4 Å². The predicted molar refractivity (Wildman–Crippen MR) is 151 cm³/mol. The molecule has 0 bridgehead atoms. The molecule has 2 atom stereocenters. The molecule has 0 radical (unpaired) electrons. The summed E-state index contributed by atoms with van der Waals surface area (Å²) in [5, 5.41) is 6.87. The molecule has 1 aliphatic carbocycles. The summed E-state index contributed by atoms with van der Waals surface area (Å²) in [4.78, 5) is 45.7. The molecule has 39 heavy (non-hydrogen) atoms. The molecule has 1 fully saturated rings. The Morgan fingerprint density at radius 2 is 1.82 bits per heavy atom. The molecule has 1 aromatic heterocycles. The zero-order chi connectivity index (χ0) is 27.5. The largest absolute Gasteiger partial charge is 0.326 e. The van der Waals surface area contributed by atoms with E-state index in [1.807, 2.05) is 44.2 Å². The number of aromatic nitrogens is 1. The van der Waals surface area contributed by atoms with E-state index in [2.05, 4.69) is 15.6 Å². The summed E-state index contributed by atoms with van der Waals surface area (Å²) in [5.74, 6) is 0.199. The van der Waals surface area contributed by atoms with E-state index in [9.17, 15) is 14.4 Å². The first-order valence-electron chi connectivity index (χ1n) is 13.0. The van der Waals surface area contributed by atoms with Gasteiger partial charge in [0.2, 0.25) is 17.7 Å². The number of benzene rings is 2. The fraction of sp³-hybridized carbons (Fsp3) is 0.333. The number of anilines is 2. The second-order valence-corrected chi connectivity index (χ2v) is 12.3. The average molecular weight is 563 g/mol. The molecule has 2 aliphatic heterocycles. The van der Waals surface area contributed by atoms with Gasteiger partial charge in [-0.3, -0.25) is 14.4 Å². The van der Waals surface area contributed by atoms with Gasteiger partial charge in [-0.25, -0.2) is 4.98 Å². The lowest BCUT2D eigenvalue weighted by atomic mass is 9.78. The lowest BCUT2D eigenvalue weighted by Gasteiger charge is -2.43. The summed E-state index contributed by atoms with van der Waals surface area (Å²) in [6.45, 7) is 3.72. The van der Waals surface area contributed by atoms with Crippen LogP contribution in [0, 0.1) is 5.41 Å². The van der Waals surface area contributed by atoms with Crippen LogP contribution in [0.3, 0.4) is 0 Å². The molecule has 200 valence electrons. The lowest BCUT2D eigenvalue weighted by Crippen LogP contribution is -2.50. The molecule has 0 saturated carbocycles. The number of hydrogen-bond donors (Lipinski definition) is 2. The number of pyridine rings is 1. The van der Waals surface area contributed by atoms with Gasteiger partial charge < -0.3 is 15.5 Å². The van der Waals surface area contributed by atoms with E-state index in [4.69, 9.17) is 23.2 Å². The highest BCUT2D eigenvalue weighted by Gasteiger charge is 2.51. The van der Waals surface area contributed by atoms with E-state index in [0.29, 0.717) is 47.2 Å². The minimum atomic E-state index is -0.675. The molecule has 1 saturated heterocycles. The molecule has 3 aliphatic rings. The first kappa shape index (κ1) is 25.8. The Bertz CT molecular complexity index is 1520. The number of carbonyl (C=O) groups is 3. The molecule has 7 nitrogen and oxygen atoms in total. The minimum Gasteiger partial charge on any atom is -0.326 e. The third kappa shape index (κ3) is 4.47. The first-order chi connectivity index (χ1) is 18.6. The number of piperidine rings is 1. The molecule has 9 heteroatoms. The second kappa shape index (κ2) is 9.35. The van der Waals surface area contributed by atoms with Gasteiger partial charge in [-0.2, -0.15) is 0 Å². The highest BCUT2D eigenvalue weighted by molar-refractivity contribution is 6.34.